The third-order valence-corrected chi connectivity index (χ3v) is 3.91. The molecule has 1 aromatic rings. The highest BCUT2D eigenvalue weighted by atomic mass is 79.9. The Kier molecular flexibility index (Phi) is 5.61. The van der Waals surface area contributed by atoms with Crippen LogP contribution in [0.5, 0.6) is 5.75 Å². The van der Waals surface area contributed by atoms with Gasteiger partial charge < -0.3 is 14.8 Å². The van der Waals surface area contributed by atoms with Gasteiger partial charge in [0.25, 0.3) is 5.91 Å². The van der Waals surface area contributed by atoms with Crippen LogP contribution >= 0.6 is 15.9 Å². The smallest absolute Gasteiger partial charge is 0.266 e. The Labute approximate surface area is 132 Å². The molecule has 0 aromatic heterocycles. The molecule has 0 radical (unpaired) electrons. The first-order valence-electron chi connectivity index (χ1n) is 7.04. The first-order valence-corrected chi connectivity index (χ1v) is 7.83. The van der Waals surface area contributed by atoms with Gasteiger partial charge in [0, 0.05) is 23.1 Å². The molecule has 21 heavy (non-hydrogen) atoms. The molecular formula is C15H19BrN2O3. The highest BCUT2D eigenvalue weighted by Gasteiger charge is 2.23. The topological polar surface area (TPSA) is 62.1 Å². The summed E-state index contributed by atoms with van der Waals surface area (Å²) in [5.41, 5.74) is 0.530. The summed E-state index contributed by atoms with van der Waals surface area (Å²) in [4.78, 5) is 19.2. The lowest BCUT2D eigenvalue weighted by Crippen LogP contribution is -2.41. The summed E-state index contributed by atoms with van der Waals surface area (Å²) < 4.78 is 0.833. The number of phenolic OH excluding ortho intramolecular Hbond substituents is 1. The molecule has 1 unspecified atom stereocenters. The van der Waals surface area contributed by atoms with Crippen molar-refractivity contribution in [3.63, 3.8) is 0 Å². The molecule has 0 saturated carbocycles. The van der Waals surface area contributed by atoms with Crippen LogP contribution in [0.25, 0.3) is 0 Å². The Morgan fingerprint density at radius 3 is 2.86 bits per heavy atom. The molecule has 1 aliphatic rings. The molecule has 1 aliphatic heterocycles. The lowest BCUT2D eigenvalue weighted by Gasteiger charge is -2.28. The molecule has 1 N–H and O–H groups in total. The van der Waals surface area contributed by atoms with Crippen molar-refractivity contribution in [1.29, 1.82) is 0 Å². The monoisotopic (exact) mass is 354 g/mol. The van der Waals surface area contributed by atoms with Crippen molar-refractivity contribution in [1.82, 2.24) is 4.90 Å². The van der Waals surface area contributed by atoms with Crippen molar-refractivity contribution in [2.24, 2.45) is 5.16 Å². The van der Waals surface area contributed by atoms with E-state index in [1.54, 1.807) is 25.1 Å². The number of oxime groups is 1. The maximum absolute atomic E-state index is 12.1. The Morgan fingerprint density at radius 2 is 2.14 bits per heavy atom. The Hall–Kier alpha value is -1.56. The summed E-state index contributed by atoms with van der Waals surface area (Å²) in [5, 5.41) is 13.5. The maximum Gasteiger partial charge on any atom is 0.266 e. The van der Waals surface area contributed by atoms with E-state index in [4.69, 9.17) is 4.84 Å². The summed E-state index contributed by atoms with van der Waals surface area (Å²) in [6.45, 7) is 3.28. The molecule has 1 aromatic carbocycles. The number of aromatic hydroxyl groups is 1. The van der Waals surface area contributed by atoms with Gasteiger partial charge in [-0.15, -0.1) is 0 Å². The number of rotatable bonds is 4. The van der Waals surface area contributed by atoms with Crippen molar-refractivity contribution in [3.8, 4) is 5.75 Å². The first-order chi connectivity index (χ1) is 10.1. The molecular weight excluding hydrogens is 336 g/mol. The van der Waals surface area contributed by atoms with E-state index in [0.29, 0.717) is 5.56 Å². The highest BCUT2D eigenvalue weighted by Crippen LogP contribution is 2.20. The van der Waals surface area contributed by atoms with Gasteiger partial charge in [-0.05, 0) is 44.4 Å². The SMILES string of the molecule is CC(O/N=C/c1cc(Br)ccc1O)C(=O)N1CCCCC1. The number of piperidine rings is 1. The van der Waals surface area contributed by atoms with Crippen LogP contribution < -0.4 is 0 Å². The zero-order chi connectivity index (χ0) is 15.2. The number of hydrogen-bond donors (Lipinski definition) is 1. The molecule has 1 heterocycles. The van der Waals surface area contributed by atoms with Crippen LogP contribution in [0.15, 0.2) is 27.8 Å². The van der Waals surface area contributed by atoms with Gasteiger partial charge in [-0.2, -0.15) is 0 Å². The van der Waals surface area contributed by atoms with Crippen LogP contribution in [0.1, 0.15) is 31.7 Å². The van der Waals surface area contributed by atoms with E-state index in [1.165, 1.54) is 12.6 Å². The van der Waals surface area contributed by atoms with Crippen LogP contribution in [0.4, 0.5) is 0 Å². The second kappa shape index (κ2) is 7.45. The fraction of sp³-hybridized carbons (Fsp3) is 0.467. The molecule has 1 fully saturated rings. The number of likely N-dealkylation sites (tertiary alicyclic amines) is 1. The number of hydrogen-bond acceptors (Lipinski definition) is 4. The van der Waals surface area contributed by atoms with E-state index in [0.717, 1.165) is 30.4 Å². The summed E-state index contributed by atoms with van der Waals surface area (Å²) in [6, 6.07) is 5.02. The summed E-state index contributed by atoms with van der Waals surface area (Å²) in [6.07, 6.45) is 4.06. The van der Waals surface area contributed by atoms with Gasteiger partial charge in [-0.25, -0.2) is 0 Å². The lowest BCUT2D eigenvalue weighted by atomic mass is 10.1. The third kappa shape index (κ3) is 4.46. The summed E-state index contributed by atoms with van der Waals surface area (Å²) >= 11 is 3.32. The molecule has 1 saturated heterocycles. The van der Waals surface area contributed by atoms with Crippen molar-refractivity contribution in [3.05, 3.63) is 28.2 Å². The molecule has 0 aliphatic carbocycles. The molecule has 0 spiro atoms. The van der Waals surface area contributed by atoms with Crippen LogP contribution in [-0.2, 0) is 9.63 Å². The minimum absolute atomic E-state index is 0.0367. The zero-order valence-electron chi connectivity index (χ0n) is 12.0. The van der Waals surface area contributed by atoms with Gasteiger partial charge in [-0.3, -0.25) is 4.79 Å². The number of nitrogens with zero attached hydrogens (tertiary/aromatic N) is 2. The zero-order valence-corrected chi connectivity index (χ0v) is 13.5. The van der Waals surface area contributed by atoms with Gasteiger partial charge in [0.1, 0.15) is 5.75 Å². The van der Waals surface area contributed by atoms with Crippen molar-refractivity contribution in [2.45, 2.75) is 32.3 Å². The lowest BCUT2D eigenvalue weighted by molar-refractivity contribution is -0.143. The molecule has 0 bridgehead atoms. The Bertz CT molecular complexity index is 528. The average molecular weight is 355 g/mol. The molecule has 2 rings (SSSR count). The number of benzene rings is 1. The van der Waals surface area contributed by atoms with Crippen LogP contribution in [0, 0.1) is 0 Å². The number of halogens is 1. The van der Waals surface area contributed by atoms with Gasteiger partial charge in [0.05, 0.1) is 6.21 Å². The van der Waals surface area contributed by atoms with E-state index >= 15 is 0 Å². The molecule has 1 amide bonds. The third-order valence-electron chi connectivity index (χ3n) is 3.42. The fourth-order valence-corrected chi connectivity index (χ4v) is 2.60. The van der Waals surface area contributed by atoms with E-state index < -0.39 is 6.10 Å². The number of phenols is 1. The largest absolute Gasteiger partial charge is 0.507 e. The van der Waals surface area contributed by atoms with E-state index in [9.17, 15) is 9.90 Å². The van der Waals surface area contributed by atoms with E-state index in [2.05, 4.69) is 21.1 Å². The van der Waals surface area contributed by atoms with Crippen molar-refractivity contribution >= 4 is 28.1 Å². The predicted molar refractivity (Wildman–Crippen MR) is 84.4 cm³/mol. The minimum atomic E-state index is -0.617. The van der Waals surface area contributed by atoms with E-state index in [-0.39, 0.29) is 11.7 Å². The Balaban J connectivity index is 1.90. The van der Waals surface area contributed by atoms with Crippen LogP contribution in [-0.4, -0.2) is 41.3 Å². The molecule has 114 valence electrons. The number of carbonyl (C=O) groups is 1. The van der Waals surface area contributed by atoms with Gasteiger partial charge in [-0.1, -0.05) is 21.1 Å². The predicted octanol–water partition coefficient (Wildman–Crippen LogP) is 2.91. The van der Waals surface area contributed by atoms with Crippen molar-refractivity contribution in [2.75, 3.05) is 13.1 Å². The molecule has 6 heteroatoms. The number of carbonyl (C=O) groups excluding carboxylic acids is 1. The quantitative estimate of drug-likeness (QED) is 0.667. The second-order valence-corrected chi connectivity index (χ2v) is 5.99. The second-order valence-electron chi connectivity index (χ2n) is 5.07. The average Bonchev–Trinajstić information content (AvgIpc) is 2.50. The van der Waals surface area contributed by atoms with Crippen molar-refractivity contribution < 1.29 is 14.7 Å². The van der Waals surface area contributed by atoms with Crippen LogP contribution in [0.2, 0.25) is 0 Å². The van der Waals surface area contributed by atoms with Crippen LogP contribution in [0.3, 0.4) is 0 Å². The van der Waals surface area contributed by atoms with Gasteiger partial charge in [0.2, 0.25) is 6.10 Å². The molecule has 1 atom stereocenters. The molecule has 5 nitrogen and oxygen atoms in total. The minimum Gasteiger partial charge on any atom is -0.507 e. The number of amides is 1. The maximum atomic E-state index is 12.1. The normalized spacial score (nSPS) is 17.0. The Morgan fingerprint density at radius 1 is 1.43 bits per heavy atom. The first kappa shape index (κ1) is 15.8. The highest BCUT2D eigenvalue weighted by molar-refractivity contribution is 9.10. The standard InChI is InChI=1S/C15H19BrN2O3/c1-11(15(20)18-7-3-2-4-8-18)21-17-10-12-9-13(16)5-6-14(12)19/h5-6,9-11,19H,2-4,7-8H2,1H3/b17-10+. The summed E-state index contributed by atoms with van der Waals surface area (Å²) in [5.74, 6) is 0.0749. The summed E-state index contributed by atoms with van der Waals surface area (Å²) in [7, 11) is 0. The van der Waals surface area contributed by atoms with Gasteiger partial charge >= 0.3 is 0 Å². The van der Waals surface area contributed by atoms with Gasteiger partial charge in [0.15, 0.2) is 0 Å². The van der Waals surface area contributed by atoms with E-state index in [1.807, 2.05) is 4.90 Å². The fourth-order valence-electron chi connectivity index (χ4n) is 2.22.